The van der Waals surface area contributed by atoms with E-state index in [9.17, 15) is 9.59 Å². The number of para-hydroxylation sites is 1. The van der Waals surface area contributed by atoms with E-state index in [1.165, 1.54) is 17.4 Å². The first-order valence-electron chi connectivity index (χ1n) is 8.61. The summed E-state index contributed by atoms with van der Waals surface area (Å²) < 4.78 is 6.93. The number of benzene rings is 2. The Hall–Kier alpha value is -2.92. The molecule has 3 rings (SSSR count). The molecule has 5 heteroatoms. The summed E-state index contributed by atoms with van der Waals surface area (Å²) in [5.74, 6) is 1.42. The zero-order chi connectivity index (χ0) is 19.4. The van der Waals surface area contributed by atoms with Gasteiger partial charge in [0, 0.05) is 11.5 Å². The highest BCUT2D eigenvalue weighted by Crippen LogP contribution is 2.22. The van der Waals surface area contributed by atoms with E-state index in [0.29, 0.717) is 14.9 Å². The number of thiazole rings is 1. The molecule has 4 nitrogen and oxygen atoms in total. The molecule has 0 aliphatic carbocycles. The van der Waals surface area contributed by atoms with Crippen molar-refractivity contribution in [3.63, 3.8) is 0 Å². The number of ketones is 1. The summed E-state index contributed by atoms with van der Waals surface area (Å²) in [5, 5.41) is 0. The first-order valence-corrected chi connectivity index (χ1v) is 9.43. The van der Waals surface area contributed by atoms with Crippen molar-refractivity contribution in [2.75, 3.05) is 0 Å². The van der Waals surface area contributed by atoms with Gasteiger partial charge in [-0.15, -0.1) is 11.3 Å². The molecule has 0 amide bonds. The predicted octanol–water partition coefficient (Wildman–Crippen LogP) is 3.45. The summed E-state index contributed by atoms with van der Waals surface area (Å²) in [7, 11) is 0. The summed E-state index contributed by atoms with van der Waals surface area (Å²) in [4.78, 5) is 27.1. The zero-order valence-corrected chi connectivity index (χ0v) is 16.3. The summed E-state index contributed by atoms with van der Waals surface area (Å²) in [6, 6.07) is 17.0. The fraction of sp³-hybridized carbons (Fsp3) is 0.182. The number of ether oxygens (including phenoxy) is 1. The lowest BCUT2D eigenvalue weighted by Crippen LogP contribution is -2.22. The molecule has 0 unspecified atom stereocenters. The maximum Gasteiger partial charge on any atom is 0.266 e. The molecule has 0 atom stereocenters. The molecule has 0 spiro atoms. The molecule has 138 valence electrons. The van der Waals surface area contributed by atoms with E-state index in [1.807, 2.05) is 75.4 Å². The van der Waals surface area contributed by atoms with Crippen molar-refractivity contribution < 1.29 is 9.53 Å². The van der Waals surface area contributed by atoms with Crippen molar-refractivity contribution in [3.05, 3.63) is 79.7 Å². The van der Waals surface area contributed by atoms with Gasteiger partial charge in [-0.05, 0) is 35.9 Å². The smallest absolute Gasteiger partial charge is 0.266 e. The van der Waals surface area contributed by atoms with Gasteiger partial charge < -0.3 is 9.72 Å². The number of aromatic nitrogens is 1. The van der Waals surface area contributed by atoms with E-state index in [0.717, 1.165) is 11.3 Å². The highest BCUT2D eigenvalue weighted by atomic mass is 32.1. The van der Waals surface area contributed by atoms with Gasteiger partial charge in [-0.2, -0.15) is 0 Å². The minimum Gasteiger partial charge on any atom is -0.457 e. The minimum absolute atomic E-state index is 0.0233. The van der Waals surface area contributed by atoms with Crippen LogP contribution in [0.15, 0.2) is 59.4 Å². The summed E-state index contributed by atoms with van der Waals surface area (Å²) in [6.45, 7) is 5.55. The van der Waals surface area contributed by atoms with E-state index >= 15 is 0 Å². The van der Waals surface area contributed by atoms with Crippen molar-refractivity contribution in [2.24, 2.45) is 5.41 Å². The van der Waals surface area contributed by atoms with Crippen LogP contribution in [0.2, 0.25) is 0 Å². The Balaban J connectivity index is 1.92. The molecule has 1 N–H and O–H groups in total. The van der Waals surface area contributed by atoms with Crippen LogP contribution < -0.4 is 19.5 Å². The summed E-state index contributed by atoms with van der Waals surface area (Å²) >= 11 is 1.27. The molecular weight excluding hydrogens is 358 g/mol. The lowest BCUT2D eigenvalue weighted by molar-refractivity contribution is -0.119. The van der Waals surface area contributed by atoms with Crippen molar-refractivity contribution in [1.82, 2.24) is 4.98 Å². The minimum atomic E-state index is -0.478. The number of hydrogen-bond acceptors (Lipinski definition) is 4. The van der Waals surface area contributed by atoms with Gasteiger partial charge in [-0.3, -0.25) is 9.59 Å². The molecular formula is C22H21NO3S. The molecule has 0 aliphatic heterocycles. The van der Waals surface area contributed by atoms with Crippen molar-refractivity contribution in [3.8, 4) is 11.5 Å². The van der Waals surface area contributed by atoms with Gasteiger partial charge in [-0.1, -0.05) is 51.1 Å². The molecule has 0 radical (unpaired) electrons. The molecule has 0 saturated heterocycles. The number of carbonyl (C=O) groups is 1. The number of H-pyrrole nitrogens is 1. The molecule has 0 fully saturated rings. The SMILES string of the molecule is CC(C)(C)C(=O)C=c1[nH]c(=O)c(=Cc2cccc(Oc3ccccc3)c2)s1. The predicted molar refractivity (Wildman–Crippen MR) is 110 cm³/mol. The van der Waals surface area contributed by atoms with Crippen LogP contribution in [0.1, 0.15) is 26.3 Å². The Morgan fingerprint density at radius 3 is 2.44 bits per heavy atom. The Morgan fingerprint density at radius 2 is 1.74 bits per heavy atom. The molecule has 0 aliphatic rings. The molecule has 2 aromatic carbocycles. The summed E-state index contributed by atoms with van der Waals surface area (Å²) in [5.41, 5.74) is 0.167. The monoisotopic (exact) mass is 379 g/mol. The average molecular weight is 379 g/mol. The molecule has 1 heterocycles. The van der Waals surface area contributed by atoms with Crippen molar-refractivity contribution in [2.45, 2.75) is 20.8 Å². The van der Waals surface area contributed by atoms with Gasteiger partial charge in [0.05, 0.1) is 9.20 Å². The maximum atomic E-state index is 12.2. The van der Waals surface area contributed by atoms with E-state index in [4.69, 9.17) is 4.74 Å². The van der Waals surface area contributed by atoms with E-state index in [1.54, 1.807) is 6.08 Å². The number of carbonyl (C=O) groups excluding carboxylic acids is 1. The fourth-order valence-electron chi connectivity index (χ4n) is 2.30. The second kappa shape index (κ2) is 7.76. The topological polar surface area (TPSA) is 59.2 Å². The molecule has 1 aromatic heterocycles. The molecule has 0 saturated carbocycles. The lowest BCUT2D eigenvalue weighted by atomic mass is 9.91. The quantitative estimate of drug-likeness (QED) is 0.755. The number of hydrogen-bond donors (Lipinski definition) is 1. The fourth-order valence-corrected chi connectivity index (χ4v) is 3.19. The number of nitrogens with one attached hydrogen (secondary N) is 1. The number of Topliss-reactive ketones (excluding diaryl/α,β-unsaturated/α-hetero) is 1. The van der Waals surface area contributed by atoms with Crippen LogP contribution in [0.3, 0.4) is 0 Å². The first-order chi connectivity index (χ1) is 12.8. The standard InChI is InChI=1S/C22H21NO3S/c1-22(2,3)19(24)14-20-23-21(25)18(27-20)13-15-8-7-11-17(12-15)26-16-9-5-4-6-10-16/h4-14H,1-3H3,(H,23,25). The first kappa shape index (κ1) is 18.9. The van der Waals surface area contributed by atoms with E-state index < -0.39 is 5.41 Å². The van der Waals surface area contributed by atoms with Crippen LogP contribution in [0.4, 0.5) is 0 Å². The third-order valence-corrected chi connectivity index (χ3v) is 4.78. The number of aromatic amines is 1. The van der Waals surface area contributed by atoms with E-state index in [-0.39, 0.29) is 11.3 Å². The van der Waals surface area contributed by atoms with Gasteiger partial charge in [0.1, 0.15) is 11.5 Å². The maximum absolute atomic E-state index is 12.2. The second-order valence-corrected chi connectivity index (χ2v) is 8.26. The van der Waals surface area contributed by atoms with Gasteiger partial charge in [0.25, 0.3) is 5.56 Å². The second-order valence-electron chi connectivity index (χ2n) is 7.18. The largest absolute Gasteiger partial charge is 0.457 e. The molecule has 0 bridgehead atoms. The summed E-state index contributed by atoms with van der Waals surface area (Å²) in [6.07, 6.45) is 3.29. The van der Waals surface area contributed by atoms with Crippen LogP contribution >= 0.6 is 11.3 Å². The van der Waals surface area contributed by atoms with Crippen molar-refractivity contribution >= 4 is 29.3 Å². The Kier molecular flexibility index (Phi) is 5.42. The highest BCUT2D eigenvalue weighted by Gasteiger charge is 2.18. The van der Waals surface area contributed by atoms with Crippen LogP contribution in [0, 0.1) is 5.41 Å². The van der Waals surface area contributed by atoms with Crippen LogP contribution in [0.5, 0.6) is 11.5 Å². The Morgan fingerprint density at radius 1 is 1.04 bits per heavy atom. The Bertz CT molecular complexity index is 1120. The van der Waals surface area contributed by atoms with Gasteiger partial charge in [-0.25, -0.2) is 0 Å². The molecule has 27 heavy (non-hydrogen) atoms. The van der Waals surface area contributed by atoms with Gasteiger partial charge in [0.15, 0.2) is 5.78 Å². The van der Waals surface area contributed by atoms with Crippen LogP contribution in [-0.2, 0) is 4.79 Å². The van der Waals surface area contributed by atoms with Crippen molar-refractivity contribution in [1.29, 1.82) is 0 Å². The average Bonchev–Trinajstić information content (AvgIpc) is 2.94. The normalized spacial score (nSPS) is 13.0. The van der Waals surface area contributed by atoms with Gasteiger partial charge in [0.2, 0.25) is 0 Å². The Labute approximate surface area is 161 Å². The van der Waals surface area contributed by atoms with Gasteiger partial charge >= 0.3 is 0 Å². The zero-order valence-electron chi connectivity index (χ0n) is 15.5. The third-order valence-electron chi connectivity index (χ3n) is 3.82. The third kappa shape index (κ3) is 5.05. The lowest BCUT2D eigenvalue weighted by Gasteiger charge is -2.12. The highest BCUT2D eigenvalue weighted by molar-refractivity contribution is 7.07. The van der Waals surface area contributed by atoms with E-state index in [2.05, 4.69) is 4.98 Å². The van der Waals surface area contributed by atoms with Crippen LogP contribution in [0.25, 0.3) is 12.2 Å². The molecule has 3 aromatic rings. The number of rotatable bonds is 4. The van der Waals surface area contributed by atoms with Crippen LogP contribution in [-0.4, -0.2) is 10.8 Å².